The average Bonchev–Trinajstić information content (AvgIpc) is 2.75. The second-order valence-corrected chi connectivity index (χ2v) is 6.95. The van der Waals surface area contributed by atoms with Crippen molar-refractivity contribution in [2.24, 2.45) is 0 Å². The Morgan fingerprint density at radius 3 is 2.40 bits per heavy atom. The van der Waals surface area contributed by atoms with Crippen molar-refractivity contribution in [3.8, 4) is 0 Å². The van der Waals surface area contributed by atoms with Gasteiger partial charge in [-0.3, -0.25) is 4.79 Å². The van der Waals surface area contributed by atoms with E-state index in [2.05, 4.69) is 4.90 Å². The number of piperazine rings is 1. The number of benzene rings is 1. The summed E-state index contributed by atoms with van der Waals surface area (Å²) < 4.78 is 27.7. The minimum absolute atomic E-state index is 0.156. The molecule has 0 aromatic heterocycles. The van der Waals surface area contributed by atoms with Crippen LogP contribution in [0.5, 0.6) is 0 Å². The number of fused-ring (bicyclic) bond motifs is 1. The number of likely N-dealkylation sites (N-methyl/N-ethyl adjacent to an activating group) is 1. The molecule has 2 aliphatic rings. The topological polar surface area (TPSA) is 60.9 Å². The number of hydrogen-bond acceptors (Lipinski definition) is 4. The van der Waals surface area contributed by atoms with Gasteiger partial charge in [-0.25, -0.2) is 0 Å². The summed E-state index contributed by atoms with van der Waals surface area (Å²) in [5.41, 5.74) is 1.27. The number of carbonyl (C=O) groups is 1. The van der Waals surface area contributed by atoms with Gasteiger partial charge in [-0.05, 0) is 18.7 Å². The third kappa shape index (κ3) is 2.11. The maximum atomic E-state index is 12.7. The zero-order chi connectivity index (χ0) is 14.3. The Kier molecular flexibility index (Phi) is 3.27. The van der Waals surface area contributed by atoms with E-state index >= 15 is 0 Å². The molecule has 1 aromatic carbocycles. The minimum atomic E-state index is -3.76. The van der Waals surface area contributed by atoms with E-state index in [-0.39, 0.29) is 12.3 Å². The third-order valence-electron chi connectivity index (χ3n) is 3.80. The van der Waals surface area contributed by atoms with E-state index in [1.807, 2.05) is 13.1 Å². The summed E-state index contributed by atoms with van der Waals surface area (Å²) in [6.07, 6.45) is 0.156. The number of amides is 1. The van der Waals surface area contributed by atoms with Gasteiger partial charge in [0, 0.05) is 26.2 Å². The lowest BCUT2D eigenvalue weighted by molar-refractivity contribution is -0.116. The van der Waals surface area contributed by atoms with Gasteiger partial charge in [0.05, 0.1) is 12.1 Å². The Balaban J connectivity index is 1.94. The lowest BCUT2D eigenvalue weighted by Crippen LogP contribution is -2.53. The summed E-state index contributed by atoms with van der Waals surface area (Å²) in [6, 6.07) is 7.06. The Morgan fingerprint density at radius 2 is 1.70 bits per heavy atom. The van der Waals surface area contributed by atoms with Crippen LogP contribution in [-0.4, -0.2) is 56.8 Å². The van der Waals surface area contributed by atoms with E-state index in [1.165, 1.54) is 4.31 Å². The number of nitrogens with zero attached hydrogens (tertiary/aromatic N) is 3. The standard InChI is InChI=1S/C13H17N3O3S/c1-14-6-8-15(9-7-14)20(18,19)16-12-5-3-2-4-11(12)10-13(16)17/h2-5H,6-10H2,1H3. The molecule has 108 valence electrons. The van der Waals surface area contributed by atoms with Crippen molar-refractivity contribution in [3.05, 3.63) is 29.8 Å². The highest BCUT2D eigenvalue weighted by Crippen LogP contribution is 2.32. The Hall–Kier alpha value is -1.44. The van der Waals surface area contributed by atoms with Crippen LogP contribution in [0.2, 0.25) is 0 Å². The molecule has 1 saturated heterocycles. The van der Waals surface area contributed by atoms with E-state index in [0.29, 0.717) is 31.9 Å². The van der Waals surface area contributed by atoms with E-state index < -0.39 is 10.2 Å². The predicted octanol–water partition coefficient (Wildman–Crippen LogP) is 0.0679. The molecule has 1 amide bonds. The van der Waals surface area contributed by atoms with Gasteiger partial charge in [0.25, 0.3) is 0 Å². The quantitative estimate of drug-likeness (QED) is 0.774. The number of anilines is 1. The molecular weight excluding hydrogens is 278 g/mol. The van der Waals surface area contributed by atoms with Crippen LogP contribution in [0, 0.1) is 0 Å². The Bertz CT molecular complexity index is 636. The third-order valence-corrected chi connectivity index (χ3v) is 5.68. The summed E-state index contributed by atoms with van der Waals surface area (Å²) in [4.78, 5) is 14.2. The molecule has 1 fully saturated rings. The molecule has 6 nitrogen and oxygen atoms in total. The molecule has 2 heterocycles. The molecule has 0 atom stereocenters. The lowest BCUT2D eigenvalue weighted by Gasteiger charge is -2.34. The van der Waals surface area contributed by atoms with E-state index in [4.69, 9.17) is 0 Å². The van der Waals surface area contributed by atoms with E-state index in [0.717, 1.165) is 9.87 Å². The molecule has 0 N–H and O–H groups in total. The zero-order valence-corrected chi connectivity index (χ0v) is 12.1. The van der Waals surface area contributed by atoms with Crippen molar-refractivity contribution in [3.63, 3.8) is 0 Å². The van der Waals surface area contributed by atoms with Gasteiger partial charge in [-0.15, -0.1) is 0 Å². The first-order valence-electron chi connectivity index (χ1n) is 6.60. The summed E-state index contributed by atoms with van der Waals surface area (Å²) in [5, 5.41) is 0. The lowest BCUT2D eigenvalue weighted by atomic mass is 10.2. The van der Waals surface area contributed by atoms with Gasteiger partial charge in [0.2, 0.25) is 5.91 Å². The fourth-order valence-electron chi connectivity index (χ4n) is 2.61. The molecule has 0 saturated carbocycles. The van der Waals surface area contributed by atoms with Crippen LogP contribution in [0.15, 0.2) is 24.3 Å². The van der Waals surface area contributed by atoms with Gasteiger partial charge >= 0.3 is 10.2 Å². The van der Waals surface area contributed by atoms with Crippen LogP contribution in [0.1, 0.15) is 5.56 Å². The number of carbonyl (C=O) groups excluding carboxylic acids is 1. The maximum Gasteiger partial charge on any atom is 0.310 e. The molecule has 0 bridgehead atoms. The molecule has 3 rings (SSSR count). The van der Waals surface area contributed by atoms with Crippen molar-refractivity contribution in [2.45, 2.75) is 6.42 Å². The predicted molar refractivity (Wildman–Crippen MR) is 75.6 cm³/mol. The smallest absolute Gasteiger partial charge is 0.304 e. The average molecular weight is 295 g/mol. The van der Waals surface area contributed by atoms with Crippen molar-refractivity contribution < 1.29 is 13.2 Å². The molecule has 0 radical (unpaired) electrons. The molecule has 0 spiro atoms. The first kappa shape index (κ1) is 13.5. The molecule has 2 aliphatic heterocycles. The van der Waals surface area contributed by atoms with E-state index in [1.54, 1.807) is 18.2 Å². The highest BCUT2D eigenvalue weighted by Gasteiger charge is 2.40. The van der Waals surface area contributed by atoms with Crippen LogP contribution in [-0.2, 0) is 21.4 Å². The first-order valence-corrected chi connectivity index (χ1v) is 7.99. The normalized spacial score (nSPS) is 21.2. The SMILES string of the molecule is CN1CCN(S(=O)(=O)N2C(=O)Cc3ccccc32)CC1. The monoisotopic (exact) mass is 295 g/mol. The number of hydrogen-bond donors (Lipinski definition) is 0. The summed E-state index contributed by atoms with van der Waals surface area (Å²) in [7, 11) is -1.80. The summed E-state index contributed by atoms with van der Waals surface area (Å²) in [6.45, 7) is 2.21. The fourth-order valence-corrected chi connectivity index (χ4v) is 4.22. The second kappa shape index (κ2) is 4.83. The molecular formula is C13H17N3O3S. The molecule has 1 aromatic rings. The van der Waals surface area contributed by atoms with E-state index in [9.17, 15) is 13.2 Å². The highest BCUT2D eigenvalue weighted by molar-refractivity contribution is 7.91. The van der Waals surface area contributed by atoms with Crippen LogP contribution in [0.3, 0.4) is 0 Å². The fraction of sp³-hybridized carbons (Fsp3) is 0.462. The van der Waals surface area contributed by atoms with Crippen molar-refractivity contribution >= 4 is 21.8 Å². The highest BCUT2D eigenvalue weighted by atomic mass is 32.2. The van der Waals surface area contributed by atoms with Crippen molar-refractivity contribution in [2.75, 3.05) is 37.5 Å². The molecule has 7 heteroatoms. The van der Waals surface area contributed by atoms with Crippen molar-refractivity contribution in [1.82, 2.24) is 9.21 Å². The zero-order valence-electron chi connectivity index (χ0n) is 11.3. The number of para-hydroxylation sites is 1. The van der Waals surface area contributed by atoms with Crippen LogP contribution < -0.4 is 4.31 Å². The first-order chi connectivity index (χ1) is 9.50. The minimum Gasteiger partial charge on any atom is -0.304 e. The molecule has 20 heavy (non-hydrogen) atoms. The summed E-state index contributed by atoms with van der Waals surface area (Å²) >= 11 is 0. The molecule has 0 unspecified atom stereocenters. The Labute approximate surface area is 118 Å². The van der Waals surface area contributed by atoms with Crippen LogP contribution in [0.4, 0.5) is 5.69 Å². The second-order valence-electron chi connectivity index (χ2n) is 5.17. The molecule has 0 aliphatic carbocycles. The van der Waals surface area contributed by atoms with Gasteiger partial charge in [-0.1, -0.05) is 18.2 Å². The van der Waals surface area contributed by atoms with Gasteiger partial charge in [0.15, 0.2) is 0 Å². The van der Waals surface area contributed by atoms with Crippen molar-refractivity contribution in [1.29, 1.82) is 0 Å². The van der Waals surface area contributed by atoms with Gasteiger partial charge < -0.3 is 4.90 Å². The van der Waals surface area contributed by atoms with Gasteiger partial charge in [-0.2, -0.15) is 17.0 Å². The number of rotatable bonds is 2. The Morgan fingerprint density at radius 1 is 1.05 bits per heavy atom. The largest absolute Gasteiger partial charge is 0.310 e. The summed E-state index contributed by atoms with van der Waals surface area (Å²) in [5.74, 6) is -0.370. The van der Waals surface area contributed by atoms with Crippen LogP contribution in [0.25, 0.3) is 0 Å². The van der Waals surface area contributed by atoms with Gasteiger partial charge in [0.1, 0.15) is 0 Å². The maximum absolute atomic E-state index is 12.7. The van der Waals surface area contributed by atoms with Crippen LogP contribution >= 0.6 is 0 Å².